The van der Waals surface area contributed by atoms with Gasteiger partial charge in [-0.15, -0.1) is 11.3 Å². The van der Waals surface area contributed by atoms with Gasteiger partial charge < -0.3 is 10.2 Å². The summed E-state index contributed by atoms with van der Waals surface area (Å²) in [5, 5.41) is 5.57. The lowest BCUT2D eigenvalue weighted by atomic mass is 10.3. The van der Waals surface area contributed by atoms with Crippen LogP contribution >= 0.6 is 11.3 Å². The Labute approximate surface area is 117 Å². The lowest BCUT2D eigenvalue weighted by Crippen LogP contribution is -2.40. The number of aromatic nitrogens is 1. The molecule has 0 aromatic carbocycles. The molecule has 0 radical (unpaired) electrons. The molecule has 0 spiro atoms. The zero-order valence-electron chi connectivity index (χ0n) is 11.6. The number of rotatable bonds is 5. The third-order valence-electron chi connectivity index (χ3n) is 2.24. The predicted molar refractivity (Wildman–Crippen MR) is 76.8 cm³/mol. The molecule has 0 unspecified atom stereocenters. The van der Waals surface area contributed by atoms with Gasteiger partial charge in [0.05, 0.1) is 17.2 Å². The highest BCUT2D eigenvalue weighted by Crippen LogP contribution is 2.09. The molecule has 0 aliphatic heterocycles. The minimum absolute atomic E-state index is 0.0530. The van der Waals surface area contributed by atoms with Crippen LogP contribution in [-0.4, -0.2) is 41.3 Å². The number of hydrogen-bond donors (Lipinski definition) is 1. The Balaban J connectivity index is 2.48. The molecule has 0 saturated carbocycles. The fourth-order valence-electron chi connectivity index (χ4n) is 1.40. The molecular formula is C13H19N3O2S. The zero-order valence-corrected chi connectivity index (χ0v) is 12.5. The van der Waals surface area contributed by atoms with Crippen LogP contribution < -0.4 is 5.32 Å². The van der Waals surface area contributed by atoms with E-state index in [0.29, 0.717) is 0 Å². The Morgan fingerprint density at radius 2 is 2.21 bits per heavy atom. The summed E-state index contributed by atoms with van der Waals surface area (Å²) in [7, 11) is 1.60. The smallest absolute Gasteiger partial charge is 0.246 e. The van der Waals surface area contributed by atoms with Crippen molar-refractivity contribution in [2.75, 3.05) is 13.6 Å². The first-order chi connectivity index (χ1) is 8.88. The highest BCUT2D eigenvalue weighted by molar-refractivity contribution is 7.09. The lowest BCUT2D eigenvalue weighted by Gasteiger charge is -2.16. The zero-order chi connectivity index (χ0) is 14.4. The van der Waals surface area contributed by atoms with Crippen molar-refractivity contribution in [3.63, 3.8) is 0 Å². The number of hydrogen-bond acceptors (Lipinski definition) is 4. The van der Waals surface area contributed by atoms with Crippen LogP contribution in [-0.2, 0) is 9.59 Å². The highest BCUT2D eigenvalue weighted by Gasteiger charge is 2.11. The van der Waals surface area contributed by atoms with Gasteiger partial charge in [0.1, 0.15) is 0 Å². The number of thiazole rings is 1. The van der Waals surface area contributed by atoms with E-state index < -0.39 is 0 Å². The SMILES string of the molecule is Cc1nc(/C=C\C(=O)N(C)CC(=O)NC(C)C)cs1. The summed E-state index contributed by atoms with van der Waals surface area (Å²) in [5.74, 6) is -0.381. The number of carbonyl (C=O) groups is 2. The van der Waals surface area contributed by atoms with Crippen molar-refractivity contribution in [1.82, 2.24) is 15.2 Å². The highest BCUT2D eigenvalue weighted by atomic mass is 32.1. The molecule has 5 nitrogen and oxygen atoms in total. The van der Waals surface area contributed by atoms with Gasteiger partial charge in [0.25, 0.3) is 0 Å². The summed E-state index contributed by atoms with van der Waals surface area (Å²) in [4.78, 5) is 28.9. The quantitative estimate of drug-likeness (QED) is 0.831. The number of amides is 2. The normalized spacial score (nSPS) is 11.0. The first-order valence-corrected chi connectivity index (χ1v) is 6.91. The molecule has 104 valence electrons. The van der Waals surface area contributed by atoms with Gasteiger partial charge in [-0.25, -0.2) is 4.98 Å². The molecule has 0 bridgehead atoms. The van der Waals surface area contributed by atoms with Gasteiger partial charge in [-0.05, 0) is 26.8 Å². The van der Waals surface area contributed by atoms with E-state index in [1.807, 2.05) is 26.2 Å². The fourth-order valence-corrected chi connectivity index (χ4v) is 1.98. The summed E-state index contributed by atoms with van der Waals surface area (Å²) in [6.45, 7) is 5.72. The molecule has 1 heterocycles. The van der Waals surface area contributed by atoms with Gasteiger partial charge in [0.15, 0.2) is 0 Å². The molecule has 1 aromatic rings. The number of nitrogens with zero attached hydrogens (tertiary/aromatic N) is 2. The monoisotopic (exact) mass is 281 g/mol. The number of nitrogens with one attached hydrogen (secondary N) is 1. The second-order valence-electron chi connectivity index (χ2n) is 4.54. The van der Waals surface area contributed by atoms with Crippen LogP contribution in [0.5, 0.6) is 0 Å². The molecule has 1 N–H and O–H groups in total. The van der Waals surface area contributed by atoms with E-state index in [1.165, 1.54) is 22.3 Å². The minimum Gasteiger partial charge on any atom is -0.352 e. The van der Waals surface area contributed by atoms with Crippen LogP contribution in [0.1, 0.15) is 24.5 Å². The van der Waals surface area contributed by atoms with Crippen LogP contribution in [0.4, 0.5) is 0 Å². The van der Waals surface area contributed by atoms with E-state index in [1.54, 1.807) is 13.1 Å². The number of aryl methyl sites for hydroxylation is 1. The largest absolute Gasteiger partial charge is 0.352 e. The summed E-state index contributed by atoms with van der Waals surface area (Å²) in [5.41, 5.74) is 0.760. The van der Waals surface area contributed by atoms with Gasteiger partial charge in [-0.3, -0.25) is 9.59 Å². The molecule has 0 saturated heterocycles. The van der Waals surface area contributed by atoms with E-state index in [2.05, 4.69) is 10.3 Å². The average molecular weight is 281 g/mol. The molecule has 0 aliphatic rings. The molecule has 0 aliphatic carbocycles. The van der Waals surface area contributed by atoms with E-state index in [9.17, 15) is 9.59 Å². The summed E-state index contributed by atoms with van der Waals surface area (Å²) >= 11 is 1.53. The maximum Gasteiger partial charge on any atom is 0.246 e. The van der Waals surface area contributed by atoms with Crippen LogP contribution in [0.25, 0.3) is 6.08 Å². The van der Waals surface area contributed by atoms with Crippen molar-refractivity contribution in [3.05, 3.63) is 22.2 Å². The Bertz CT molecular complexity index is 480. The minimum atomic E-state index is -0.218. The molecule has 1 aromatic heterocycles. The summed E-state index contributed by atoms with van der Waals surface area (Å²) in [6, 6.07) is 0.0736. The standard InChI is InChI=1S/C13H19N3O2S/c1-9(2)14-12(17)7-16(4)13(18)6-5-11-8-19-10(3)15-11/h5-6,8-9H,7H2,1-4H3,(H,14,17)/b6-5-. The lowest BCUT2D eigenvalue weighted by molar-refractivity contribution is -0.131. The van der Waals surface area contributed by atoms with Crippen LogP contribution in [0.15, 0.2) is 11.5 Å². The molecule has 2 amide bonds. The first-order valence-electron chi connectivity index (χ1n) is 6.03. The Hall–Kier alpha value is -1.69. The average Bonchev–Trinajstić information content (AvgIpc) is 2.70. The first kappa shape index (κ1) is 15.4. The molecule has 0 atom stereocenters. The summed E-state index contributed by atoms with van der Waals surface area (Å²) in [6.07, 6.45) is 3.08. The van der Waals surface area contributed by atoms with Crippen molar-refractivity contribution < 1.29 is 9.59 Å². The van der Waals surface area contributed by atoms with Crippen molar-refractivity contribution >= 4 is 29.2 Å². The second-order valence-corrected chi connectivity index (χ2v) is 5.60. The Morgan fingerprint density at radius 3 is 2.74 bits per heavy atom. The maximum absolute atomic E-state index is 11.8. The van der Waals surface area contributed by atoms with Gasteiger partial charge >= 0.3 is 0 Å². The summed E-state index contributed by atoms with van der Waals surface area (Å²) < 4.78 is 0. The van der Waals surface area contributed by atoms with Crippen LogP contribution in [0, 0.1) is 6.92 Å². The molecular weight excluding hydrogens is 262 g/mol. The van der Waals surface area contributed by atoms with Crippen molar-refractivity contribution in [2.45, 2.75) is 26.8 Å². The van der Waals surface area contributed by atoms with E-state index in [-0.39, 0.29) is 24.4 Å². The van der Waals surface area contributed by atoms with E-state index in [0.717, 1.165) is 10.7 Å². The van der Waals surface area contributed by atoms with Gasteiger partial charge in [0.2, 0.25) is 11.8 Å². The van der Waals surface area contributed by atoms with Gasteiger partial charge in [-0.1, -0.05) is 0 Å². The van der Waals surface area contributed by atoms with Crippen molar-refractivity contribution in [1.29, 1.82) is 0 Å². The van der Waals surface area contributed by atoms with E-state index in [4.69, 9.17) is 0 Å². The van der Waals surface area contributed by atoms with Gasteiger partial charge in [-0.2, -0.15) is 0 Å². The maximum atomic E-state index is 11.8. The van der Waals surface area contributed by atoms with Crippen molar-refractivity contribution in [2.24, 2.45) is 0 Å². The van der Waals surface area contributed by atoms with E-state index >= 15 is 0 Å². The third kappa shape index (κ3) is 5.65. The molecule has 19 heavy (non-hydrogen) atoms. The van der Waals surface area contributed by atoms with Crippen molar-refractivity contribution in [3.8, 4) is 0 Å². The Kier molecular flexibility index (Phi) is 5.69. The number of carbonyl (C=O) groups excluding carboxylic acids is 2. The third-order valence-corrected chi connectivity index (χ3v) is 3.03. The predicted octanol–water partition coefficient (Wildman–Crippen LogP) is 1.45. The van der Waals surface area contributed by atoms with Gasteiger partial charge in [0, 0.05) is 24.5 Å². The molecule has 6 heteroatoms. The Morgan fingerprint density at radius 1 is 1.53 bits per heavy atom. The second kappa shape index (κ2) is 7.04. The van der Waals surface area contributed by atoms with Crippen LogP contribution in [0.3, 0.4) is 0 Å². The number of likely N-dealkylation sites (N-methyl/N-ethyl adjacent to an activating group) is 1. The van der Waals surface area contributed by atoms with Crippen LogP contribution in [0.2, 0.25) is 0 Å². The topological polar surface area (TPSA) is 62.3 Å². The fraction of sp³-hybridized carbons (Fsp3) is 0.462. The molecule has 1 rings (SSSR count). The molecule has 0 fully saturated rings.